The molecule has 154 valence electrons. The van der Waals surface area contributed by atoms with E-state index in [2.05, 4.69) is 10.6 Å². The summed E-state index contributed by atoms with van der Waals surface area (Å²) in [6.07, 6.45) is -5.00. The van der Waals surface area contributed by atoms with Crippen molar-refractivity contribution in [2.45, 2.75) is 19.6 Å². The number of rotatable bonds is 4. The highest BCUT2D eigenvalue weighted by Crippen LogP contribution is 2.20. The number of carbonyl (C=O) groups is 2. The van der Waals surface area contributed by atoms with Gasteiger partial charge < -0.3 is 10.6 Å². The van der Waals surface area contributed by atoms with Crippen LogP contribution in [0.3, 0.4) is 0 Å². The van der Waals surface area contributed by atoms with Gasteiger partial charge in [0.05, 0.1) is 5.02 Å². The molecule has 0 bridgehead atoms. The minimum atomic E-state index is -5.00. The number of alkyl halides is 3. The molecule has 0 radical (unpaired) electrons. The summed E-state index contributed by atoms with van der Waals surface area (Å²) in [5.41, 5.74) is 1.54. The first-order valence-corrected chi connectivity index (χ1v) is 8.79. The summed E-state index contributed by atoms with van der Waals surface area (Å²) in [6.45, 7) is 1.34. The van der Waals surface area contributed by atoms with Gasteiger partial charge >= 0.3 is 18.1 Å². The first-order chi connectivity index (χ1) is 13.5. The maximum Gasteiger partial charge on any atom is 0.471 e. The molecule has 2 rings (SSSR count). The van der Waals surface area contributed by atoms with Crippen LogP contribution in [-0.2, 0) is 11.3 Å². The number of aryl methyl sites for hydroxylation is 1. The molecule has 3 amide bonds. The number of urea groups is 1. The Bertz CT molecular complexity index is 965. The Balaban J connectivity index is 2.04. The Hall–Kier alpha value is -2.78. The number of amidine groups is 1. The highest BCUT2D eigenvalue weighted by Gasteiger charge is 2.38. The topological polar surface area (TPSA) is 94.1 Å². The summed E-state index contributed by atoms with van der Waals surface area (Å²) in [4.78, 5) is 23.0. The fourth-order valence-electron chi connectivity index (χ4n) is 2.22. The SMILES string of the molecule is Cc1cc(NC(=O)NC(=N)c2cc(CNC(=O)C(F)(F)F)ccc2Cl)ccc1Cl. The third-order valence-electron chi connectivity index (χ3n) is 3.66. The molecular weight excluding hydrogens is 432 g/mol. The van der Waals surface area contributed by atoms with Gasteiger partial charge in [-0.1, -0.05) is 29.3 Å². The lowest BCUT2D eigenvalue weighted by molar-refractivity contribution is -0.173. The first kappa shape index (κ1) is 22.5. The average molecular weight is 447 g/mol. The van der Waals surface area contributed by atoms with Crippen LogP contribution >= 0.6 is 23.2 Å². The van der Waals surface area contributed by atoms with Gasteiger partial charge in [-0.05, 0) is 48.4 Å². The van der Waals surface area contributed by atoms with Gasteiger partial charge in [0, 0.05) is 22.8 Å². The summed E-state index contributed by atoms with van der Waals surface area (Å²) in [5.74, 6) is -2.46. The van der Waals surface area contributed by atoms with Crippen LogP contribution in [0.25, 0.3) is 0 Å². The van der Waals surface area contributed by atoms with E-state index < -0.39 is 24.7 Å². The van der Waals surface area contributed by atoms with Crippen LogP contribution in [0.15, 0.2) is 36.4 Å². The van der Waals surface area contributed by atoms with Crippen molar-refractivity contribution >= 4 is 46.7 Å². The molecular formula is C18H15Cl2F3N4O2. The van der Waals surface area contributed by atoms with Crippen LogP contribution in [0, 0.1) is 12.3 Å². The fourth-order valence-corrected chi connectivity index (χ4v) is 2.55. The number of halogens is 5. The maximum absolute atomic E-state index is 12.3. The van der Waals surface area contributed by atoms with E-state index in [4.69, 9.17) is 28.6 Å². The third kappa shape index (κ3) is 6.37. The molecule has 29 heavy (non-hydrogen) atoms. The Morgan fingerprint density at radius 2 is 1.72 bits per heavy atom. The number of amides is 3. The largest absolute Gasteiger partial charge is 0.471 e. The molecule has 0 heterocycles. The standard InChI is InChI=1S/C18H15Cl2F3N4O2/c1-9-6-11(3-5-13(9)19)26-17(29)27-15(24)12-7-10(2-4-14(12)20)8-25-16(28)18(21,22)23/h2-7H,8H2,1H3,(H,25,28)(H3,24,26,27,29). The normalized spacial score (nSPS) is 11.0. The minimum absolute atomic E-state index is 0.0767. The molecule has 0 aliphatic rings. The summed E-state index contributed by atoms with van der Waals surface area (Å²) in [5, 5.41) is 15.2. The monoisotopic (exact) mass is 446 g/mol. The van der Waals surface area contributed by atoms with E-state index in [0.29, 0.717) is 10.7 Å². The van der Waals surface area contributed by atoms with E-state index >= 15 is 0 Å². The van der Waals surface area contributed by atoms with E-state index in [1.165, 1.54) is 18.2 Å². The Kier molecular flexibility index (Phi) is 7.10. The van der Waals surface area contributed by atoms with E-state index in [0.717, 1.165) is 5.56 Å². The van der Waals surface area contributed by atoms with Crippen molar-refractivity contribution in [2.75, 3.05) is 5.32 Å². The molecule has 0 aliphatic heterocycles. The van der Waals surface area contributed by atoms with Crippen molar-refractivity contribution in [1.82, 2.24) is 10.6 Å². The summed E-state index contributed by atoms with van der Waals surface area (Å²) >= 11 is 11.9. The molecule has 0 saturated heterocycles. The van der Waals surface area contributed by atoms with Crippen LogP contribution in [-0.4, -0.2) is 24.0 Å². The predicted octanol–water partition coefficient (Wildman–Crippen LogP) is 4.63. The smallest absolute Gasteiger partial charge is 0.344 e. The van der Waals surface area contributed by atoms with Crippen molar-refractivity contribution in [1.29, 1.82) is 5.41 Å². The molecule has 2 aromatic rings. The van der Waals surface area contributed by atoms with Gasteiger partial charge in [0.2, 0.25) is 0 Å². The van der Waals surface area contributed by atoms with Crippen LogP contribution in [0.1, 0.15) is 16.7 Å². The number of hydrogen-bond acceptors (Lipinski definition) is 3. The van der Waals surface area contributed by atoms with Gasteiger partial charge in [0.15, 0.2) is 0 Å². The number of benzene rings is 2. The van der Waals surface area contributed by atoms with Crippen molar-refractivity contribution in [3.05, 3.63) is 63.1 Å². The predicted molar refractivity (Wildman–Crippen MR) is 105 cm³/mol. The third-order valence-corrected chi connectivity index (χ3v) is 4.42. The van der Waals surface area contributed by atoms with E-state index in [9.17, 15) is 22.8 Å². The second-order valence-corrected chi connectivity index (χ2v) is 6.73. The van der Waals surface area contributed by atoms with Crippen LogP contribution in [0.2, 0.25) is 10.0 Å². The Labute approximate surface area is 173 Å². The zero-order valence-electron chi connectivity index (χ0n) is 14.9. The van der Waals surface area contributed by atoms with E-state index in [1.807, 2.05) is 0 Å². The van der Waals surface area contributed by atoms with Gasteiger partial charge in [-0.15, -0.1) is 0 Å². The van der Waals surface area contributed by atoms with E-state index in [-0.39, 0.29) is 22.0 Å². The molecule has 0 aromatic heterocycles. The molecule has 2 aromatic carbocycles. The van der Waals surface area contributed by atoms with Crippen molar-refractivity contribution in [2.24, 2.45) is 0 Å². The maximum atomic E-state index is 12.3. The Morgan fingerprint density at radius 1 is 1.07 bits per heavy atom. The van der Waals surface area contributed by atoms with E-state index in [1.54, 1.807) is 30.4 Å². The van der Waals surface area contributed by atoms with Crippen molar-refractivity contribution in [3.8, 4) is 0 Å². The molecule has 0 spiro atoms. The average Bonchev–Trinajstić information content (AvgIpc) is 2.62. The van der Waals surface area contributed by atoms with Gasteiger partial charge in [0.25, 0.3) is 0 Å². The lowest BCUT2D eigenvalue weighted by Gasteiger charge is -2.13. The quantitative estimate of drug-likeness (QED) is 0.407. The highest BCUT2D eigenvalue weighted by molar-refractivity contribution is 6.34. The molecule has 0 saturated carbocycles. The van der Waals surface area contributed by atoms with Crippen molar-refractivity contribution < 1.29 is 22.8 Å². The molecule has 6 nitrogen and oxygen atoms in total. The number of carbonyl (C=O) groups excluding carboxylic acids is 2. The lowest BCUT2D eigenvalue weighted by atomic mass is 10.1. The molecule has 11 heteroatoms. The Morgan fingerprint density at radius 3 is 2.34 bits per heavy atom. The fraction of sp³-hybridized carbons (Fsp3) is 0.167. The van der Waals surface area contributed by atoms with Crippen LogP contribution in [0.5, 0.6) is 0 Å². The van der Waals surface area contributed by atoms with Crippen molar-refractivity contribution in [3.63, 3.8) is 0 Å². The van der Waals surface area contributed by atoms with Gasteiger partial charge in [-0.2, -0.15) is 13.2 Å². The highest BCUT2D eigenvalue weighted by atomic mass is 35.5. The molecule has 0 unspecified atom stereocenters. The molecule has 0 atom stereocenters. The summed E-state index contributed by atoms with van der Waals surface area (Å²) in [7, 11) is 0. The first-order valence-electron chi connectivity index (χ1n) is 8.04. The minimum Gasteiger partial charge on any atom is -0.344 e. The second-order valence-electron chi connectivity index (χ2n) is 5.91. The summed E-state index contributed by atoms with van der Waals surface area (Å²) in [6, 6.07) is 8.15. The van der Waals surface area contributed by atoms with Crippen LogP contribution in [0.4, 0.5) is 23.7 Å². The zero-order chi connectivity index (χ0) is 21.8. The second kappa shape index (κ2) is 9.15. The van der Waals surface area contributed by atoms with Crippen LogP contribution < -0.4 is 16.0 Å². The lowest BCUT2D eigenvalue weighted by Crippen LogP contribution is -2.36. The van der Waals surface area contributed by atoms with Gasteiger partial charge in [-0.3, -0.25) is 15.5 Å². The molecule has 0 aliphatic carbocycles. The number of anilines is 1. The van der Waals surface area contributed by atoms with Gasteiger partial charge in [0.1, 0.15) is 5.84 Å². The number of nitrogens with one attached hydrogen (secondary N) is 4. The summed E-state index contributed by atoms with van der Waals surface area (Å²) < 4.78 is 36.8. The molecule has 0 fully saturated rings. The zero-order valence-corrected chi connectivity index (χ0v) is 16.4. The molecule has 4 N–H and O–H groups in total. The number of hydrogen-bond donors (Lipinski definition) is 4. The van der Waals surface area contributed by atoms with Gasteiger partial charge in [-0.25, -0.2) is 4.79 Å².